The van der Waals surface area contributed by atoms with Gasteiger partial charge in [0.1, 0.15) is 0 Å². The molecule has 0 atom stereocenters. The fourth-order valence-corrected chi connectivity index (χ4v) is 6.52. The van der Waals surface area contributed by atoms with Crippen molar-refractivity contribution in [1.29, 1.82) is 0 Å². The molecular formula is C28H39N3Sn. The molecule has 3 rings (SSSR count). The van der Waals surface area contributed by atoms with E-state index in [1.165, 1.54) is 66.2 Å². The molecule has 0 fully saturated rings. The van der Waals surface area contributed by atoms with Crippen molar-refractivity contribution in [3.05, 3.63) is 65.4 Å². The minimum atomic E-state index is 0.362. The van der Waals surface area contributed by atoms with Gasteiger partial charge in [0.25, 0.3) is 0 Å². The summed E-state index contributed by atoms with van der Waals surface area (Å²) in [7, 11) is 0. The van der Waals surface area contributed by atoms with Gasteiger partial charge in [0, 0.05) is 0 Å². The molecule has 32 heavy (non-hydrogen) atoms. The monoisotopic (exact) mass is 537 g/mol. The van der Waals surface area contributed by atoms with Crippen LogP contribution in [-0.2, 0) is 19.3 Å². The summed E-state index contributed by atoms with van der Waals surface area (Å²) in [5.41, 5.74) is 6.96. The molecule has 0 unspecified atom stereocenters. The van der Waals surface area contributed by atoms with Crippen LogP contribution in [0.2, 0.25) is 0 Å². The van der Waals surface area contributed by atoms with E-state index in [0.29, 0.717) is 22.5 Å². The van der Waals surface area contributed by atoms with Crippen molar-refractivity contribution in [2.24, 2.45) is 0 Å². The molecule has 1 N–H and O–H groups in total. The molecule has 3 aromatic rings. The Bertz CT molecular complexity index is 968. The molecule has 0 aliphatic carbocycles. The van der Waals surface area contributed by atoms with E-state index in [4.69, 9.17) is 9.97 Å². The predicted octanol–water partition coefficient (Wildman–Crippen LogP) is 5.91. The van der Waals surface area contributed by atoms with Crippen LogP contribution in [0.1, 0.15) is 76.0 Å². The summed E-state index contributed by atoms with van der Waals surface area (Å²) in [4.78, 5) is 9.90. The van der Waals surface area contributed by atoms with Crippen LogP contribution in [0.25, 0.3) is 11.1 Å². The molecule has 0 spiro atoms. The number of hydrogen-bond acceptors (Lipinski definition) is 3. The van der Waals surface area contributed by atoms with Gasteiger partial charge < -0.3 is 0 Å². The second-order valence-electron chi connectivity index (χ2n) is 8.72. The molecule has 2 heterocycles. The van der Waals surface area contributed by atoms with Gasteiger partial charge in [-0.15, -0.1) is 0 Å². The summed E-state index contributed by atoms with van der Waals surface area (Å²) < 4.78 is 1.38. The summed E-state index contributed by atoms with van der Waals surface area (Å²) in [6.45, 7) is 6.86. The Morgan fingerprint density at radius 1 is 0.719 bits per heavy atom. The van der Waals surface area contributed by atoms with Crippen LogP contribution in [-0.4, -0.2) is 32.5 Å². The van der Waals surface area contributed by atoms with Crippen molar-refractivity contribution in [2.45, 2.75) is 78.6 Å². The first-order valence-electron chi connectivity index (χ1n) is 12.5. The Kier molecular flexibility index (Phi) is 10.0. The average molecular weight is 536 g/mol. The summed E-state index contributed by atoms with van der Waals surface area (Å²) in [5.74, 6) is 1.94. The van der Waals surface area contributed by atoms with Gasteiger partial charge in [-0.25, -0.2) is 0 Å². The SMILES string of the molecule is CCCCc1[c]([SnH3])nc(Nc2ccc(-c3ccccc3)cn2)c(CCCC)c1CCCC. The Hall–Kier alpha value is -1.88. The standard InChI is InChI=1S/C28H36N3.Sn.3H/c1-4-7-13-24-21-30-28(26(17-9-6-3)25(24)16-8-5-2)31-27-19-18-23(20-29-27)22-14-11-10-12-15-22;;;;/h10-12,14-15,18-20H,4-9,13,16-17H2,1-3H3,(H,29,30,31);;;;. The van der Waals surface area contributed by atoms with Crippen LogP contribution in [0, 0.1) is 0 Å². The Balaban J connectivity index is 1.95. The maximum absolute atomic E-state index is 5.17. The number of benzene rings is 1. The Morgan fingerprint density at radius 3 is 1.94 bits per heavy atom. The van der Waals surface area contributed by atoms with E-state index in [1.54, 1.807) is 11.1 Å². The number of nitrogens with one attached hydrogen (secondary N) is 1. The third-order valence-corrected chi connectivity index (χ3v) is 8.55. The summed E-state index contributed by atoms with van der Waals surface area (Å²) >= 11 is 0.362. The van der Waals surface area contributed by atoms with Crippen molar-refractivity contribution < 1.29 is 0 Å². The predicted molar refractivity (Wildman–Crippen MR) is 143 cm³/mol. The van der Waals surface area contributed by atoms with E-state index in [9.17, 15) is 0 Å². The number of nitrogens with zero attached hydrogens (tertiary/aromatic N) is 2. The van der Waals surface area contributed by atoms with E-state index < -0.39 is 0 Å². The van der Waals surface area contributed by atoms with Gasteiger partial charge in [0.2, 0.25) is 0 Å². The molecule has 0 saturated heterocycles. The molecule has 0 aliphatic rings. The topological polar surface area (TPSA) is 37.8 Å². The minimum absolute atomic E-state index is 0.362. The molecular weight excluding hydrogens is 497 g/mol. The third kappa shape index (κ3) is 6.57. The molecule has 170 valence electrons. The van der Waals surface area contributed by atoms with Gasteiger partial charge in [-0.05, 0) is 0 Å². The van der Waals surface area contributed by atoms with Gasteiger partial charge in [-0.2, -0.15) is 0 Å². The molecule has 0 bridgehead atoms. The van der Waals surface area contributed by atoms with Crippen molar-refractivity contribution in [3.8, 4) is 11.1 Å². The van der Waals surface area contributed by atoms with Gasteiger partial charge in [0.05, 0.1) is 0 Å². The second-order valence-corrected chi connectivity index (χ2v) is 11.4. The van der Waals surface area contributed by atoms with Gasteiger partial charge in [-0.3, -0.25) is 0 Å². The van der Waals surface area contributed by atoms with Gasteiger partial charge in [-0.1, -0.05) is 0 Å². The Morgan fingerprint density at radius 2 is 1.34 bits per heavy atom. The summed E-state index contributed by atoms with van der Waals surface area (Å²) in [6, 6.07) is 14.7. The molecule has 2 aromatic heterocycles. The van der Waals surface area contributed by atoms with Crippen molar-refractivity contribution in [1.82, 2.24) is 9.97 Å². The van der Waals surface area contributed by atoms with Crippen LogP contribution in [0.15, 0.2) is 48.7 Å². The molecule has 0 saturated carbocycles. The van der Waals surface area contributed by atoms with Crippen LogP contribution in [0.4, 0.5) is 11.6 Å². The van der Waals surface area contributed by atoms with Crippen molar-refractivity contribution in [2.75, 3.05) is 5.32 Å². The van der Waals surface area contributed by atoms with E-state index in [-0.39, 0.29) is 0 Å². The third-order valence-electron chi connectivity index (χ3n) is 6.19. The van der Waals surface area contributed by atoms with Crippen LogP contribution < -0.4 is 9.03 Å². The molecule has 0 radical (unpaired) electrons. The number of anilines is 2. The molecule has 1 aromatic carbocycles. The second kappa shape index (κ2) is 13.0. The summed E-state index contributed by atoms with van der Waals surface area (Å²) in [6.07, 6.45) is 12.8. The number of pyridine rings is 2. The van der Waals surface area contributed by atoms with E-state index in [0.717, 1.165) is 23.6 Å². The molecule has 4 heteroatoms. The molecule has 3 nitrogen and oxygen atoms in total. The first kappa shape index (κ1) is 24.8. The zero-order chi connectivity index (χ0) is 22.8. The van der Waals surface area contributed by atoms with Crippen LogP contribution in [0.5, 0.6) is 0 Å². The zero-order valence-electron chi connectivity index (χ0n) is 20.4. The van der Waals surface area contributed by atoms with Crippen LogP contribution >= 0.6 is 0 Å². The van der Waals surface area contributed by atoms with Gasteiger partial charge in [0.15, 0.2) is 0 Å². The maximum atomic E-state index is 5.17. The Labute approximate surface area is 207 Å². The van der Waals surface area contributed by atoms with Crippen molar-refractivity contribution in [3.63, 3.8) is 0 Å². The zero-order valence-corrected chi connectivity index (χ0v) is 26.1. The molecule has 0 aliphatic heterocycles. The molecule has 0 amide bonds. The van der Waals surface area contributed by atoms with Gasteiger partial charge >= 0.3 is 208 Å². The first-order valence-corrected chi connectivity index (χ1v) is 15.3. The van der Waals surface area contributed by atoms with Crippen LogP contribution in [0.3, 0.4) is 0 Å². The number of aromatic nitrogens is 2. The number of hydrogen-bond donors (Lipinski definition) is 1. The first-order chi connectivity index (χ1) is 15.7. The quantitative estimate of drug-likeness (QED) is 0.293. The fourth-order valence-electron chi connectivity index (χ4n) is 4.30. The summed E-state index contributed by atoms with van der Waals surface area (Å²) in [5, 5.41) is 3.61. The van der Waals surface area contributed by atoms with E-state index in [2.05, 4.69) is 62.5 Å². The number of unbranched alkanes of at least 4 members (excludes halogenated alkanes) is 3. The van der Waals surface area contributed by atoms with E-state index >= 15 is 0 Å². The average Bonchev–Trinajstić information content (AvgIpc) is 2.82. The van der Waals surface area contributed by atoms with E-state index in [1.807, 2.05) is 12.3 Å². The normalized spacial score (nSPS) is 11.1. The van der Waals surface area contributed by atoms with Crippen molar-refractivity contribution >= 4 is 37.9 Å². The fraction of sp³-hybridized carbons (Fsp3) is 0.429. The number of rotatable bonds is 12.